The van der Waals surface area contributed by atoms with Crippen LogP contribution in [0.1, 0.15) is 24.2 Å². The lowest BCUT2D eigenvalue weighted by Crippen LogP contribution is -2.27. The van der Waals surface area contributed by atoms with E-state index in [0.29, 0.717) is 6.42 Å². The maximum absolute atomic E-state index is 12.1. The Morgan fingerprint density at radius 1 is 1.24 bits per heavy atom. The highest BCUT2D eigenvalue weighted by Gasteiger charge is 2.27. The van der Waals surface area contributed by atoms with Crippen molar-refractivity contribution >= 4 is 9.84 Å². The zero-order chi connectivity index (χ0) is 12.9. The lowest BCUT2D eigenvalue weighted by atomic mass is 10.1. The smallest absolute Gasteiger partial charge is 0.159 e. The SMILES string of the molecule is CC[C@H](c1ccccc1)S(=O)(=O)C[C@H](O)CO. The van der Waals surface area contributed by atoms with Crippen LogP contribution in [0.5, 0.6) is 0 Å². The third-order valence-electron chi connectivity index (χ3n) is 2.61. The lowest BCUT2D eigenvalue weighted by molar-refractivity contribution is 0.112. The average molecular weight is 258 g/mol. The number of rotatable bonds is 6. The minimum Gasteiger partial charge on any atom is -0.394 e. The molecule has 0 fully saturated rings. The van der Waals surface area contributed by atoms with E-state index in [9.17, 15) is 13.5 Å². The molecule has 0 unspecified atom stereocenters. The van der Waals surface area contributed by atoms with Crippen LogP contribution in [-0.4, -0.2) is 37.1 Å². The van der Waals surface area contributed by atoms with E-state index in [4.69, 9.17) is 5.11 Å². The van der Waals surface area contributed by atoms with Crippen LogP contribution >= 0.6 is 0 Å². The average Bonchev–Trinajstić information content (AvgIpc) is 2.30. The molecule has 0 radical (unpaired) electrons. The van der Waals surface area contributed by atoms with E-state index in [1.165, 1.54) is 0 Å². The van der Waals surface area contributed by atoms with E-state index in [0.717, 1.165) is 5.56 Å². The van der Waals surface area contributed by atoms with Crippen LogP contribution in [0, 0.1) is 0 Å². The number of benzene rings is 1. The van der Waals surface area contributed by atoms with Gasteiger partial charge in [0.2, 0.25) is 0 Å². The fraction of sp³-hybridized carbons (Fsp3) is 0.500. The molecular weight excluding hydrogens is 240 g/mol. The molecule has 0 bridgehead atoms. The Labute approximate surface area is 102 Å². The molecule has 0 aliphatic rings. The highest BCUT2D eigenvalue weighted by atomic mass is 32.2. The van der Waals surface area contributed by atoms with Gasteiger partial charge in [0.15, 0.2) is 9.84 Å². The summed E-state index contributed by atoms with van der Waals surface area (Å²) >= 11 is 0. The third kappa shape index (κ3) is 3.80. The zero-order valence-electron chi connectivity index (χ0n) is 9.78. The van der Waals surface area contributed by atoms with Crippen molar-refractivity contribution in [3.63, 3.8) is 0 Å². The monoisotopic (exact) mass is 258 g/mol. The van der Waals surface area contributed by atoms with Crippen molar-refractivity contribution in [3.05, 3.63) is 35.9 Å². The summed E-state index contributed by atoms with van der Waals surface area (Å²) in [4.78, 5) is 0. The van der Waals surface area contributed by atoms with Crippen molar-refractivity contribution in [2.75, 3.05) is 12.4 Å². The van der Waals surface area contributed by atoms with Crippen LogP contribution in [0.3, 0.4) is 0 Å². The van der Waals surface area contributed by atoms with Gasteiger partial charge in [-0.25, -0.2) is 8.42 Å². The van der Waals surface area contributed by atoms with Gasteiger partial charge in [-0.2, -0.15) is 0 Å². The molecule has 4 nitrogen and oxygen atoms in total. The Hall–Kier alpha value is -0.910. The first-order valence-corrected chi connectivity index (χ1v) is 7.28. The standard InChI is InChI=1S/C12H18O4S/c1-2-12(10-6-4-3-5-7-10)17(15,16)9-11(14)8-13/h3-7,11-14H,2,8-9H2,1H3/t11-,12-/m1/s1. The summed E-state index contributed by atoms with van der Waals surface area (Å²) in [5.74, 6) is -0.406. The summed E-state index contributed by atoms with van der Waals surface area (Å²) in [5.41, 5.74) is 0.722. The van der Waals surface area contributed by atoms with Crippen molar-refractivity contribution in [3.8, 4) is 0 Å². The summed E-state index contributed by atoms with van der Waals surface area (Å²) in [5, 5.41) is 17.3. The molecule has 0 aromatic heterocycles. The Kier molecular flexibility index (Phi) is 5.11. The topological polar surface area (TPSA) is 74.6 Å². The predicted molar refractivity (Wildman–Crippen MR) is 66.4 cm³/mol. The van der Waals surface area contributed by atoms with Crippen molar-refractivity contribution < 1.29 is 18.6 Å². The van der Waals surface area contributed by atoms with E-state index >= 15 is 0 Å². The largest absolute Gasteiger partial charge is 0.394 e. The first kappa shape index (κ1) is 14.2. The van der Waals surface area contributed by atoms with E-state index < -0.39 is 33.6 Å². The molecule has 5 heteroatoms. The molecule has 1 aromatic carbocycles. The van der Waals surface area contributed by atoms with Crippen molar-refractivity contribution in [1.82, 2.24) is 0 Å². The summed E-state index contributed by atoms with van der Waals surface area (Å²) in [6.07, 6.45) is -0.762. The minimum absolute atomic E-state index is 0.406. The molecule has 0 saturated heterocycles. The summed E-state index contributed by atoms with van der Waals surface area (Å²) in [6, 6.07) is 8.92. The highest BCUT2D eigenvalue weighted by Crippen LogP contribution is 2.26. The van der Waals surface area contributed by atoms with Gasteiger partial charge in [-0.15, -0.1) is 0 Å². The minimum atomic E-state index is -3.45. The second-order valence-corrected chi connectivity index (χ2v) is 6.20. The maximum atomic E-state index is 12.1. The number of sulfone groups is 1. The Bertz CT molecular complexity index is 427. The Morgan fingerprint density at radius 2 is 1.82 bits per heavy atom. The van der Waals surface area contributed by atoms with Gasteiger partial charge in [0.1, 0.15) is 0 Å². The number of aliphatic hydroxyl groups excluding tert-OH is 2. The number of hydrogen-bond acceptors (Lipinski definition) is 4. The van der Waals surface area contributed by atoms with Gasteiger partial charge in [0, 0.05) is 0 Å². The molecule has 1 rings (SSSR count). The lowest BCUT2D eigenvalue weighted by Gasteiger charge is -2.17. The van der Waals surface area contributed by atoms with Crippen LogP contribution in [0.15, 0.2) is 30.3 Å². The van der Waals surface area contributed by atoms with Gasteiger partial charge in [-0.05, 0) is 12.0 Å². The van der Waals surface area contributed by atoms with E-state index in [2.05, 4.69) is 0 Å². The summed E-state index contributed by atoms with van der Waals surface area (Å²) in [7, 11) is -3.45. The molecule has 2 atom stereocenters. The molecule has 1 aromatic rings. The van der Waals surface area contributed by atoms with Crippen molar-refractivity contribution in [1.29, 1.82) is 0 Å². The molecular formula is C12H18O4S. The first-order valence-electron chi connectivity index (χ1n) is 5.56. The fourth-order valence-electron chi connectivity index (χ4n) is 1.80. The normalized spacial score (nSPS) is 15.5. The van der Waals surface area contributed by atoms with Gasteiger partial charge < -0.3 is 10.2 Å². The van der Waals surface area contributed by atoms with Gasteiger partial charge in [-0.3, -0.25) is 0 Å². The maximum Gasteiger partial charge on any atom is 0.159 e. The zero-order valence-corrected chi connectivity index (χ0v) is 10.6. The quantitative estimate of drug-likeness (QED) is 0.795. The van der Waals surface area contributed by atoms with Crippen LogP contribution in [0.4, 0.5) is 0 Å². The van der Waals surface area contributed by atoms with E-state index in [1.807, 2.05) is 6.07 Å². The molecule has 96 valence electrons. The van der Waals surface area contributed by atoms with Crippen LogP contribution in [0.25, 0.3) is 0 Å². The summed E-state index contributed by atoms with van der Waals surface area (Å²) in [6.45, 7) is 1.25. The third-order valence-corrected chi connectivity index (χ3v) is 4.93. The van der Waals surface area contributed by atoms with Gasteiger partial charge in [-0.1, -0.05) is 37.3 Å². The Morgan fingerprint density at radius 3 is 2.29 bits per heavy atom. The fourth-order valence-corrected chi connectivity index (χ4v) is 3.76. The van der Waals surface area contributed by atoms with Crippen LogP contribution in [0.2, 0.25) is 0 Å². The molecule has 17 heavy (non-hydrogen) atoms. The first-order chi connectivity index (χ1) is 8.01. The van der Waals surface area contributed by atoms with Crippen LogP contribution < -0.4 is 0 Å². The van der Waals surface area contributed by atoms with Crippen molar-refractivity contribution in [2.45, 2.75) is 24.7 Å². The Balaban J connectivity index is 2.95. The second-order valence-electron chi connectivity index (χ2n) is 3.97. The number of hydrogen-bond donors (Lipinski definition) is 2. The van der Waals surface area contributed by atoms with E-state index in [-0.39, 0.29) is 0 Å². The van der Waals surface area contributed by atoms with Crippen LogP contribution in [-0.2, 0) is 9.84 Å². The van der Waals surface area contributed by atoms with Gasteiger partial charge >= 0.3 is 0 Å². The molecule has 0 aliphatic heterocycles. The molecule has 0 aliphatic carbocycles. The summed E-state index contributed by atoms with van der Waals surface area (Å²) < 4.78 is 24.1. The molecule has 0 amide bonds. The van der Waals surface area contributed by atoms with Gasteiger partial charge in [0.25, 0.3) is 0 Å². The number of aliphatic hydroxyl groups is 2. The van der Waals surface area contributed by atoms with Gasteiger partial charge in [0.05, 0.1) is 23.7 Å². The molecule has 2 N–H and O–H groups in total. The molecule has 0 spiro atoms. The highest BCUT2D eigenvalue weighted by molar-refractivity contribution is 7.91. The molecule has 0 heterocycles. The molecule has 0 saturated carbocycles. The van der Waals surface area contributed by atoms with Crippen molar-refractivity contribution in [2.24, 2.45) is 0 Å². The van der Waals surface area contributed by atoms with E-state index in [1.54, 1.807) is 31.2 Å². The predicted octanol–water partition coefficient (Wildman–Crippen LogP) is 0.906. The second kappa shape index (κ2) is 6.14.